The van der Waals surface area contributed by atoms with Crippen LogP contribution in [0.15, 0.2) is 59.1 Å². The molecule has 0 saturated carbocycles. The van der Waals surface area contributed by atoms with Gasteiger partial charge in [0.05, 0.1) is 36.6 Å². The van der Waals surface area contributed by atoms with Crippen molar-refractivity contribution in [2.45, 2.75) is 12.3 Å². The van der Waals surface area contributed by atoms with Gasteiger partial charge in [0.15, 0.2) is 0 Å². The summed E-state index contributed by atoms with van der Waals surface area (Å²) < 4.78 is 10.3. The second-order valence-corrected chi connectivity index (χ2v) is 7.49. The molecule has 1 aliphatic rings. The van der Waals surface area contributed by atoms with E-state index < -0.39 is 0 Å². The number of hydrogen-bond acceptors (Lipinski definition) is 6. The third kappa shape index (κ3) is 5.13. The molecule has 2 aromatic carbocycles. The molecule has 2 N–H and O–H groups in total. The number of nitrogens with one attached hydrogen (secondary N) is 2. The number of benzene rings is 2. The minimum atomic E-state index is -0.362. The van der Waals surface area contributed by atoms with Gasteiger partial charge < -0.3 is 20.1 Å². The highest BCUT2D eigenvalue weighted by Gasteiger charge is 2.29. The molecule has 8 heteroatoms. The van der Waals surface area contributed by atoms with Gasteiger partial charge in [-0.05, 0) is 29.8 Å². The maximum atomic E-state index is 12.3. The first-order chi connectivity index (χ1) is 14.5. The van der Waals surface area contributed by atoms with Crippen LogP contribution in [0.2, 0.25) is 0 Å². The molecule has 0 fully saturated rings. The van der Waals surface area contributed by atoms with Crippen LogP contribution in [0.4, 0.5) is 5.69 Å². The fraction of sp³-hybridized carbons (Fsp3) is 0.227. The molecule has 1 atom stereocenters. The van der Waals surface area contributed by atoms with Crippen LogP contribution >= 0.6 is 11.8 Å². The average molecular weight is 423 g/mol. The number of anilines is 1. The zero-order valence-corrected chi connectivity index (χ0v) is 17.4. The molecule has 0 saturated heterocycles. The van der Waals surface area contributed by atoms with Crippen molar-refractivity contribution in [3.8, 4) is 17.6 Å². The lowest BCUT2D eigenvalue weighted by Crippen LogP contribution is -2.31. The molecule has 154 valence electrons. The Labute approximate surface area is 179 Å². The van der Waals surface area contributed by atoms with Crippen molar-refractivity contribution in [2.24, 2.45) is 0 Å². The highest BCUT2D eigenvalue weighted by Crippen LogP contribution is 2.36. The summed E-state index contributed by atoms with van der Waals surface area (Å²) in [5.41, 5.74) is 1.90. The first kappa shape index (κ1) is 21.3. The summed E-state index contributed by atoms with van der Waals surface area (Å²) in [6.07, 6.45) is 0.176. The Morgan fingerprint density at radius 2 is 1.93 bits per heavy atom. The van der Waals surface area contributed by atoms with E-state index in [1.165, 1.54) is 0 Å². The van der Waals surface area contributed by atoms with Gasteiger partial charge in [0, 0.05) is 24.1 Å². The maximum Gasteiger partial charge on any atom is 0.234 e. The molecule has 0 unspecified atom stereocenters. The third-order valence-electron chi connectivity index (χ3n) is 4.58. The molecule has 0 bridgehead atoms. The summed E-state index contributed by atoms with van der Waals surface area (Å²) in [5.74, 6) is 0.581. The Hall–Kier alpha value is -3.44. The molecular weight excluding hydrogens is 402 g/mol. The lowest BCUT2D eigenvalue weighted by Gasteiger charge is -2.25. The van der Waals surface area contributed by atoms with E-state index >= 15 is 0 Å². The summed E-state index contributed by atoms with van der Waals surface area (Å²) in [6.45, 7) is 0. The summed E-state index contributed by atoms with van der Waals surface area (Å²) in [4.78, 5) is 24.6. The molecule has 3 rings (SSSR count). The quantitative estimate of drug-likeness (QED) is 0.708. The summed E-state index contributed by atoms with van der Waals surface area (Å²) >= 11 is 1.13. The van der Waals surface area contributed by atoms with Crippen LogP contribution in [0.25, 0.3) is 0 Å². The van der Waals surface area contributed by atoms with E-state index in [9.17, 15) is 14.9 Å². The van der Waals surface area contributed by atoms with Gasteiger partial charge in [-0.3, -0.25) is 9.59 Å². The van der Waals surface area contributed by atoms with Gasteiger partial charge in [0.25, 0.3) is 0 Å². The van der Waals surface area contributed by atoms with Crippen molar-refractivity contribution in [3.63, 3.8) is 0 Å². The van der Waals surface area contributed by atoms with E-state index in [2.05, 4.69) is 16.7 Å². The molecule has 2 amide bonds. The maximum absolute atomic E-state index is 12.3. The number of methoxy groups -OCH3 is 2. The predicted molar refractivity (Wildman–Crippen MR) is 115 cm³/mol. The number of hydrogen-bond donors (Lipinski definition) is 2. The number of nitriles is 1. The number of carbonyl (C=O) groups excluding carboxylic acids is 2. The zero-order chi connectivity index (χ0) is 21.5. The second-order valence-electron chi connectivity index (χ2n) is 6.50. The number of ether oxygens (including phenoxy) is 2. The van der Waals surface area contributed by atoms with Gasteiger partial charge in [-0.2, -0.15) is 5.26 Å². The zero-order valence-electron chi connectivity index (χ0n) is 16.6. The average Bonchev–Trinajstić information content (AvgIpc) is 2.77. The number of carbonyl (C=O) groups is 2. The third-order valence-corrected chi connectivity index (χ3v) is 5.59. The van der Waals surface area contributed by atoms with E-state index in [4.69, 9.17) is 9.47 Å². The molecule has 1 aliphatic heterocycles. The van der Waals surface area contributed by atoms with Crippen LogP contribution in [0, 0.1) is 11.3 Å². The number of thioether (sulfide) groups is 1. The molecular formula is C22H21N3O4S. The minimum Gasteiger partial charge on any atom is -0.497 e. The standard InChI is InChI=1S/C22H21N3O4S/c1-28-16-8-6-14(7-9-16)18-11-20(26)25-22(19(18)12-23)30-13-21(27)24-15-4-3-5-17(10-15)29-2/h3-10,18H,11,13H2,1-2H3,(H,24,27)(H,25,26)/t18-/m0/s1. The fourth-order valence-corrected chi connectivity index (χ4v) is 3.97. The number of nitrogens with zero attached hydrogens (tertiary/aromatic N) is 1. The lowest BCUT2D eigenvalue weighted by atomic mass is 9.87. The van der Waals surface area contributed by atoms with Crippen molar-refractivity contribution < 1.29 is 19.1 Å². The molecule has 30 heavy (non-hydrogen) atoms. The monoisotopic (exact) mass is 423 g/mol. The Bertz CT molecular complexity index is 1010. The SMILES string of the molecule is COc1ccc([C@@H]2CC(=O)NC(SCC(=O)Nc3cccc(OC)c3)=C2C#N)cc1. The van der Waals surface area contributed by atoms with Crippen molar-refractivity contribution in [2.75, 3.05) is 25.3 Å². The lowest BCUT2D eigenvalue weighted by molar-refractivity contribution is -0.121. The van der Waals surface area contributed by atoms with Crippen LogP contribution in [-0.4, -0.2) is 31.8 Å². The molecule has 0 radical (unpaired) electrons. The molecule has 1 heterocycles. The van der Waals surface area contributed by atoms with Gasteiger partial charge >= 0.3 is 0 Å². The van der Waals surface area contributed by atoms with Crippen LogP contribution in [-0.2, 0) is 9.59 Å². The topological polar surface area (TPSA) is 100 Å². The predicted octanol–water partition coefficient (Wildman–Crippen LogP) is 3.41. The first-order valence-corrected chi connectivity index (χ1v) is 10.2. The normalized spacial score (nSPS) is 15.8. The number of amides is 2. The first-order valence-electron chi connectivity index (χ1n) is 9.18. The van der Waals surface area contributed by atoms with Crippen LogP contribution in [0.5, 0.6) is 11.5 Å². The Morgan fingerprint density at radius 1 is 1.20 bits per heavy atom. The number of rotatable bonds is 7. The molecule has 7 nitrogen and oxygen atoms in total. The number of allylic oxidation sites excluding steroid dienone is 1. The molecule has 0 aromatic heterocycles. The Balaban J connectivity index is 1.73. The van der Waals surface area contributed by atoms with E-state index in [1.54, 1.807) is 50.6 Å². The van der Waals surface area contributed by atoms with Gasteiger partial charge in [0.1, 0.15) is 11.5 Å². The Kier molecular flexibility index (Phi) is 6.99. The molecule has 0 spiro atoms. The fourth-order valence-electron chi connectivity index (χ4n) is 3.09. The van der Waals surface area contributed by atoms with Crippen LogP contribution in [0.3, 0.4) is 0 Å². The summed E-state index contributed by atoms with van der Waals surface area (Å²) in [5, 5.41) is 15.7. The largest absolute Gasteiger partial charge is 0.497 e. The smallest absolute Gasteiger partial charge is 0.234 e. The van der Waals surface area contributed by atoms with Crippen LogP contribution < -0.4 is 20.1 Å². The van der Waals surface area contributed by atoms with E-state index in [0.29, 0.717) is 27.8 Å². The van der Waals surface area contributed by atoms with E-state index in [0.717, 1.165) is 17.3 Å². The van der Waals surface area contributed by atoms with Crippen molar-refractivity contribution in [1.29, 1.82) is 5.26 Å². The van der Waals surface area contributed by atoms with Crippen molar-refractivity contribution in [1.82, 2.24) is 5.32 Å². The van der Waals surface area contributed by atoms with E-state index in [1.807, 2.05) is 12.1 Å². The van der Waals surface area contributed by atoms with Crippen molar-refractivity contribution >= 4 is 29.3 Å². The minimum absolute atomic E-state index is 0.0489. The van der Waals surface area contributed by atoms with E-state index in [-0.39, 0.29) is 29.9 Å². The van der Waals surface area contributed by atoms with Gasteiger partial charge in [-0.25, -0.2) is 0 Å². The summed E-state index contributed by atoms with van der Waals surface area (Å²) in [6, 6.07) is 16.5. The van der Waals surface area contributed by atoms with Gasteiger partial charge in [0.2, 0.25) is 11.8 Å². The summed E-state index contributed by atoms with van der Waals surface area (Å²) in [7, 11) is 3.13. The van der Waals surface area contributed by atoms with Gasteiger partial charge in [-0.1, -0.05) is 30.0 Å². The van der Waals surface area contributed by atoms with Crippen molar-refractivity contribution in [3.05, 3.63) is 64.7 Å². The van der Waals surface area contributed by atoms with Crippen LogP contribution in [0.1, 0.15) is 17.9 Å². The molecule has 2 aromatic rings. The van der Waals surface area contributed by atoms with Gasteiger partial charge in [-0.15, -0.1) is 0 Å². The Morgan fingerprint density at radius 3 is 2.60 bits per heavy atom. The highest BCUT2D eigenvalue weighted by atomic mass is 32.2. The molecule has 0 aliphatic carbocycles. The second kappa shape index (κ2) is 9.85. The highest BCUT2D eigenvalue weighted by molar-refractivity contribution is 8.03.